The molecule has 0 radical (unpaired) electrons. The highest BCUT2D eigenvalue weighted by Crippen LogP contribution is 2.39. The summed E-state index contributed by atoms with van der Waals surface area (Å²) in [6.07, 6.45) is -1.55. The quantitative estimate of drug-likeness (QED) is 0.236. The Morgan fingerprint density at radius 3 is 2.39 bits per heavy atom. The number of ether oxygens (including phenoxy) is 1. The summed E-state index contributed by atoms with van der Waals surface area (Å²) in [5.41, 5.74) is 2.35. The van der Waals surface area contributed by atoms with Crippen LogP contribution in [-0.2, 0) is 5.60 Å². The first-order valence-corrected chi connectivity index (χ1v) is 12.6. The zero-order valence-electron chi connectivity index (χ0n) is 19.7. The number of alkyl halides is 1. The van der Waals surface area contributed by atoms with Crippen molar-refractivity contribution in [3.63, 3.8) is 0 Å². The average molecular weight is 519 g/mol. The second kappa shape index (κ2) is 9.90. The highest BCUT2D eigenvalue weighted by molar-refractivity contribution is 7.18. The molecule has 36 heavy (non-hydrogen) atoms. The normalized spacial score (nSPS) is 12.5. The van der Waals surface area contributed by atoms with Gasteiger partial charge in [0.15, 0.2) is 0 Å². The summed E-state index contributed by atoms with van der Waals surface area (Å²) in [4.78, 5) is 1.94. The van der Waals surface area contributed by atoms with E-state index < -0.39 is 12.0 Å². The largest absolute Gasteiger partial charge is 0.456 e. The van der Waals surface area contributed by atoms with Crippen LogP contribution in [0.1, 0.15) is 31.5 Å². The van der Waals surface area contributed by atoms with E-state index in [1.165, 1.54) is 0 Å². The summed E-state index contributed by atoms with van der Waals surface area (Å²) in [5, 5.41) is 15.8. The summed E-state index contributed by atoms with van der Waals surface area (Å²) in [6.45, 7) is 3.41. The van der Waals surface area contributed by atoms with Crippen LogP contribution in [0.15, 0.2) is 97.1 Å². The fourth-order valence-electron chi connectivity index (χ4n) is 3.81. The Kier molecular flexibility index (Phi) is 6.67. The van der Waals surface area contributed by atoms with Crippen LogP contribution in [-0.4, -0.2) is 14.9 Å². The minimum absolute atomic E-state index is 0.448. The molecule has 0 bridgehead atoms. The van der Waals surface area contributed by atoms with Crippen LogP contribution in [0.5, 0.6) is 5.75 Å². The van der Waals surface area contributed by atoms with Gasteiger partial charge in [0.05, 0.1) is 27.0 Å². The molecular formula is C29H24ClFN2O2S. The van der Waals surface area contributed by atoms with Crippen LogP contribution in [0, 0.1) is 0 Å². The van der Waals surface area contributed by atoms with Gasteiger partial charge >= 0.3 is 0 Å². The van der Waals surface area contributed by atoms with E-state index >= 15 is 0 Å². The minimum Gasteiger partial charge on any atom is -0.456 e. The minimum atomic E-state index is -1.55. The van der Waals surface area contributed by atoms with Crippen molar-refractivity contribution >= 4 is 22.9 Å². The van der Waals surface area contributed by atoms with Crippen molar-refractivity contribution in [2.45, 2.75) is 25.8 Å². The summed E-state index contributed by atoms with van der Waals surface area (Å²) >= 11 is 8.05. The Morgan fingerprint density at radius 2 is 1.64 bits per heavy atom. The first-order chi connectivity index (χ1) is 17.3. The molecule has 0 aliphatic rings. The highest BCUT2D eigenvalue weighted by atomic mass is 35.5. The molecular weight excluding hydrogens is 495 g/mol. The summed E-state index contributed by atoms with van der Waals surface area (Å²) in [7, 11) is 0. The van der Waals surface area contributed by atoms with Crippen molar-refractivity contribution in [1.82, 2.24) is 9.78 Å². The summed E-state index contributed by atoms with van der Waals surface area (Å²) in [6, 6.07) is 29.6. The van der Waals surface area contributed by atoms with Crippen LogP contribution in [0.3, 0.4) is 0 Å². The molecule has 1 N–H and O–H groups in total. The number of benzene rings is 3. The van der Waals surface area contributed by atoms with E-state index in [1.54, 1.807) is 60.2 Å². The van der Waals surface area contributed by atoms with Gasteiger partial charge in [-0.25, -0.2) is 4.68 Å². The van der Waals surface area contributed by atoms with Crippen LogP contribution in [0.4, 0.5) is 4.39 Å². The van der Waals surface area contributed by atoms with Crippen molar-refractivity contribution in [2.75, 3.05) is 0 Å². The molecule has 2 heterocycles. The maximum Gasteiger partial charge on any atom is 0.264 e. The lowest BCUT2D eigenvalue weighted by Gasteiger charge is -2.13. The lowest BCUT2D eigenvalue weighted by atomic mass is 10.1. The number of hydrogen-bond acceptors (Lipinski definition) is 4. The number of nitrogens with zero attached hydrogens (tertiary/aromatic N) is 2. The molecule has 0 aliphatic heterocycles. The molecule has 1 atom stereocenters. The fourth-order valence-corrected chi connectivity index (χ4v) is 5.03. The van der Waals surface area contributed by atoms with Crippen LogP contribution in [0.2, 0.25) is 5.02 Å². The number of aromatic nitrogens is 2. The van der Waals surface area contributed by atoms with Gasteiger partial charge < -0.3 is 9.84 Å². The molecule has 1 unspecified atom stereocenters. The van der Waals surface area contributed by atoms with Gasteiger partial charge in [0, 0.05) is 10.4 Å². The number of aliphatic hydroxyl groups is 1. The van der Waals surface area contributed by atoms with Crippen LogP contribution >= 0.6 is 22.9 Å². The predicted octanol–water partition coefficient (Wildman–Crippen LogP) is 8.20. The van der Waals surface area contributed by atoms with Gasteiger partial charge in [0.1, 0.15) is 11.4 Å². The van der Waals surface area contributed by atoms with E-state index in [1.807, 2.05) is 66.7 Å². The Hall–Kier alpha value is -3.45. The lowest BCUT2D eigenvalue weighted by Crippen LogP contribution is -2.16. The third kappa shape index (κ3) is 5.07. The third-order valence-electron chi connectivity index (χ3n) is 5.70. The smallest absolute Gasteiger partial charge is 0.264 e. The average Bonchev–Trinajstić information content (AvgIpc) is 3.53. The molecule has 5 rings (SSSR count). The Bertz CT molecular complexity index is 1490. The first kappa shape index (κ1) is 24.3. The number of halogens is 2. The zero-order chi connectivity index (χ0) is 25.3. The van der Waals surface area contributed by atoms with Gasteiger partial charge in [0.25, 0.3) is 6.36 Å². The van der Waals surface area contributed by atoms with E-state index in [0.717, 1.165) is 26.7 Å². The maximum absolute atomic E-state index is 14.7. The first-order valence-electron chi connectivity index (χ1n) is 11.4. The summed E-state index contributed by atoms with van der Waals surface area (Å²) in [5.74, 6) is 0.448. The Balaban J connectivity index is 1.48. The van der Waals surface area contributed by atoms with Crippen LogP contribution in [0.25, 0.3) is 26.7 Å². The van der Waals surface area contributed by atoms with E-state index in [0.29, 0.717) is 22.0 Å². The molecule has 3 aromatic carbocycles. The van der Waals surface area contributed by atoms with Crippen molar-refractivity contribution in [3.05, 3.63) is 113 Å². The summed E-state index contributed by atoms with van der Waals surface area (Å²) < 4.78 is 22.0. The molecule has 4 nitrogen and oxygen atoms in total. The number of hydrogen-bond donors (Lipinski definition) is 1. The molecule has 0 amide bonds. The van der Waals surface area contributed by atoms with Gasteiger partial charge in [-0.05, 0) is 61.9 Å². The molecule has 0 fully saturated rings. The van der Waals surface area contributed by atoms with E-state index in [-0.39, 0.29) is 0 Å². The number of thiophene rings is 1. The van der Waals surface area contributed by atoms with Gasteiger partial charge in [0.2, 0.25) is 0 Å². The molecule has 0 spiro atoms. The standard InChI is InChI=1S/C29H24ClFN2O2S/c1-29(2,34)27-18-24(33(32-27)23-14-7-6-13-22(23)30)26-16-15-25(36-26)20-11-8-12-21(17-20)35-28(31)19-9-4-3-5-10-19/h3-18,28,34H,1-2H3. The van der Waals surface area contributed by atoms with Crippen molar-refractivity contribution in [2.24, 2.45) is 0 Å². The maximum atomic E-state index is 14.7. The number of rotatable bonds is 7. The fraction of sp³-hybridized carbons (Fsp3) is 0.138. The lowest BCUT2D eigenvalue weighted by molar-refractivity contribution is 0.0672. The molecule has 2 aromatic heterocycles. The van der Waals surface area contributed by atoms with Gasteiger partial charge in [-0.15, -0.1) is 11.3 Å². The van der Waals surface area contributed by atoms with Crippen molar-refractivity contribution in [1.29, 1.82) is 0 Å². The van der Waals surface area contributed by atoms with E-state index in [2.05, 4.69) is 5.10 Å². The predicted molar refractivity (Wildman–Crippen MR) is 143 cm³/mol. The van der Waals surface area contributed by atoms with Crippen molar-refractivity contribution < 1.29 is 14.2 Å². The van der Waals surface area contributed by atoms with E-state index in [9.17, 15) is 9.50 Å². The molecule has 0 saturated carbocycles. The topological polar surface area (TPSA) is 47.3 Å². The SMILES string of the molecule is CC(C)(O)c1cc(-c2ccc(-c3cccc(OC(F)c4ccccc4)c3)s2)n(-c2ccccc2Cl)n1. The van der Waals surface area contributed by atoms with E-state index in [4.69, 9.17) is 16.3 Å². The molecule has 0 aliphatic carbocycles. The Labute approximate surface area is 218 Å². The second-order valence-corrected chi connectivity index (χ2v) is 10.4. The number of para-hydroxylation sites is 1. The molecule has 5 aromatic rings. The van der Waals surface area contributed by atoms with Crippen molar-refractivity contribution in [3.8, 4) is 32.4 Å². The Morgan fingerprint density at radius 1 is 0.917 bits per heavy atom. The van der Waals surface area contributed by atoms with Gasteiger partial charge in [-0.3, -0.25) is 0 Å². The molecule has 0 saturated heterocycles. The molecule has 182 valence electrons. The monoisotopic (exact) mass is 518 g/mol. The van der Waals surface area contributed by atoms with Crippen LogP contribution < -0.4 is 4.74 Å². The third-order valence-corrected chi connectivity index (χ3v) is 7.17. The van der Waals surface area contributed by atoms with Gasteiger partial charge in [-0.2, -0.15) is 9.49 Å². The van der Waals surface area contributed by atoms with Gasteiger partial charge in [-0.1, -0.05) is 66.2 Å². The highest BCUT2D eigenvalue weighted by Gasteiger charge is 2.24. The zero-order valence-corrected chi connectivity index (χ0v) is 21.3. The molecule has 7 heteroatoms. The second-order valence-electron chi connectivity index (χ2n) is 8.87.